The predicted molar refractivity (Wildman–Crippen MR) is 88.2 cm³/mol. The van der Waals surface area contributed by atoms with Crippen LogP contribution in [0.2, 0.25) is 0 Å². The maximum atomic E-state index is 12.0. The van der Waals surface area contributed by atoms with E-state index in [9.17, 15) is 9.59 Å². The lowest BCUT2D eigenvalue weighted by atomic mass is 10.1. The van der Waals surface area contributed by atoms with Gasteiger partial charge in [-0.1, -0.05) is 12.1 Å². The molecule has 1 saturated heterocycles. The number of likely N-dealkylation sites (tertiary alicyclic amines) is 1. The molecule has 1 aromatic rings. The largest absolute Gasteiger partial charge is 0.490 e. The molecule has 0 aromatic heterocycles. The van der Waals surface area contributed by atoms with Crippen LogP contribution in [0.4, 0.5) is 4.79 Å². The van der Waals surface area contributed by atoms with Crippen LogP contribution in [0.15, 0.2) is 24.3 Å². The summed E-state index contributed by atoms with van der Waals surface area (Å²) in [6, 6.07) is 7.31. The second kappa shape index (κ2) is 9.00. The number of ether oxygens (including phenoxy) is 3. The van der Waals surface area contributed by atoms with Gasteiger partial charge < -0.3 is 24.4 Å². The fourth-order valence-electron chi connectivity index (χ4n) is 2.59. The molecule has 0 atom stereocenters. The second-order valence-corrected chi connectivity index (χ2v) is 5.47. The van der Waals surface area contributed by atoms with Crippen molar-refractivity contribution in [2.45, 2.75) is 25.8 Å². The summed E-state index contributed by atoms with van der Waals surface area (Å²) in [5.74, 6) is 0.993. The van der Waals surface area contributed by atoms with Gasteiger partial charge in [-0.05, 0) is 31.9 Å². The number of hydrogen-bond donors (Lipinski definition) is 1. The molecular weight excluding hydrogens is 312 g/mol. The number of amides is 2. The van der Waals surface area contributed by atoms with Crippen LogP contribution >= 0.6 is 0 Å². The highest BCUT2D eigenvalue weighted by Gasteiger charge is 2.24. The molecule has 0 bridgehead atoms. The lowest BCUT2D eigenvalue weighted by Crippen LogP contribution is -2.47. The monoisotopic (exact) mass is 336 g/mol. The topological polar surface area (TPSA) is 77.1 Å². The predicted octanol–water partition coefficient (Wildman–Crippen LogP) is 1.81. The smallest absolute Gasteiger partial charge is 0.409 e. The average Bonchev–Trinajstić information content (AvgIpc) is 2.61. The molecule has 1 aromatic carbocycles. The van der Waals surface area contributed by atoms with Crippen LogP contribution in [-0.2, 0) is 9.53 Å². The minimum absolute atomic E-state index is 0.0455. The number of hydrogen-bond acceptors (Lipinski definition) is 5. The summed E-state index contributed by atoms with van der Waals surface area (Å²) < 4.78 is 15.7. The van der Waals surface area contributed by atoms with Crippen molar-refractivity contribution in [1.29, 1.82) is 0 Å². The number of nitrogens with one attached hydrogen (secondary N) is 1. The molecule has 0 aliphatic carbocycles. The first-order chi connectivity index (χ1) is 11.6. The van der Waals surface area contributed by atoms with Crippen molar-refractivity contribution in [3.05, 3.63) is 24.3 Å². The summed E-state index contributed by atoms with van der Waals surface area (Å²) in [6.07, 6.45) is 1.09. The number of methoxy groups -OCH3 is 1. The van der Waals surface area contributed by atoms with Crippen LogP contribution in [0.1, 0.15) is 19.8 Å². The molecule has 2 rings (SSSR count). The molecule has 2 amide bonds. The molecule has 0 radical (unpaired) electrons. The van der Waals surface area contributed by atoms with E-state index in [0.29, 0.717) is 44.0 Å². The molecule has 0 unspecified atom stereocenters. The quantitative estimate of drug-likeness (QED) is 0.857. The van der Waals surface area contributed by atoms with Gasteiger partial charge in [0.25, 0.3) is 5.91 Å². The summed E-state index contributed by atoms with van der Waals surface area (Å²) in [5.41, 5.74) is 0. The molecule has 1 aliphatic heterocycles. The van der Waals surface area contributed by atoms with E-state index in [0.717, 1.165) is 0 Å². The highest BCUT2D eigenvalue weighted by molar-refractivity contribution is 5.78. The van der Waals surface area contributed by atoms with Crippen molar-refractivity contribution in [2.75, 3.05) is 33.4 Å². The van der Waals surface area contributed by atoms with Crippen LogP contribution in [0.5, 0.6) is 11.5 Å². The Bertz CT molecular complexity index is 556. The Kier molecular flexibility index (Phi) is 6.72. The third-order valence-electron chi connectivity index (χ3n) is 3.80. The first-order valence-electron chi connectivity index (χ1n) is 8.11. The zero-order chi connectivity index (χ0) is 17.4. The lowest BCUT2D eigenvalue weighted by molar-refractivity contribution is -0.124. The molecule has 24 heavy (non-hydrogen) atoms. The molecule has 132 valence electrons. The van der Waals surface area contributed by atoms with E-state index in [1.807, 2.05) is 19.1 Å². The first-order valence-corrected chi connectivity index (χ1v) is 8.11. The minimum atomic E-state index is -0.323. The van der Waals surface area contributed by atoms with Gasteiger partial charge in [0.05, 0.1) is 13.7 Å². The number of benzene rings is 1. The number of carbonyl (C=O) groups excluding carboxylic acids is 2. The summed E-state index contributed by atoms with van der Waals surface area (Å²) in [4.78, 5) is 25.1. The Morgan fingerprint density at radius 1 is 1.17 bits per heavy atom. The van der Waals surface area contributed by atoms with Crippen LogP contribution in [0.25, 0.3) is 0 Å². The number of nitrogens with zero attached hydrogens (tertiary/aromatic N) is 1. The number of carbonyl (C=O) groups is 2. The van der Waals surface area contributed by atoms with Gasteiger partial charge in [-0.25, -0.2) is 4.79 Å². The van der Waals surface area contributed by atoms with Crippen molar-refractivity contribution in [1.82, 2.24) is 10.2 Å². The Morgan fingerprint density at radius 2 is 1.79 bits per heavy atom. The van der Waals surface area contributed by atoms with Crippen molar-refractivity contribution >= 4 is 12.0 Å². The van der Waals surface area contributed by atoms with E-state index in [-0.39, 0.29) is 24.6 Å². The minimum Gasteiger partial charge on any atom is -0.490 e. The third kappa shape index (κ3) is 5.04. The van der Waals surface area contributed by atoms with Gasteiger partial charge in [0.15, 0.2) is 18.1 Å². The second-order valence-electron chi connectivity index (χ2n) is 5.47. The lowest BCUT2D eigenvalue weighted by Gasteiger charge is -2.31. The molecular formula is C17H24N2O5. The van der Waals surface area contributed by atoms with Crippen LogP contribution < -0.4 is 14.8 Å². The number of para-hydroxylation sites is 2. The fraction of sp³-hybridized carbons (Fsp3) is 0.529. The van der Waals surface area contributed by atoms with E-state index in [2.05, 4.69) is 5.32 Å². The summed E-state index contributed by atoms with van der Waals surface area (Å²) in [6.45, 7) is 3.51. The van der Waals surface area contributed by atoms with Crippen LogP contribution in [-0.4, -0.2) is 56.4 Å². The van der Waals surface area contributed by atoms with Crippen molar-refractivity contribution < 1.29 is 23.8 Å². The van der Waals surface area contributed by atoms with E-state index < -0.39 is 0 Å². The highest BCUT2D eigenvalue weighted by atomic mass is 16.5. The number of rotatable bonds is 6. The zero-order valence-electron chi connectivity index (χ0n) is 14.1. The van der Waals surface area contributed by atoms with Crippen molar-refractivity contribution in [2.24, 2.45) is 0 Å². The SMILES string of the molecule is CCOc1ccccc1OCC(=O)NC1CCN(C(=O)OC)CC1. The van der Waals surface area contributed by atoms with Gasteiger partial charge in [-0.2, -0.15) is 0 Å². The van der Waals surface area contributed by atoms with E-state index >= 15 is 0 Å². The summed E-state index contributed by atoms with van der Waals surface area (Å²) in [5, 5.41) is 2.93. The standard InChI is InChI=1S/C17H24N2O5/c1-3-23-14-6-4-5-7-15(14)24-12-16(20)18-13-8-10-19(11-9-13)17(21)22-2/h4-7,13H,3,8-12H2,1-2H3,(H,18,20). The van der Waals surface area contributed by atoms with Crippen LogP contribution in [0.3, 0.4) is 0 Å². The fourth-order valence-corrected chi connectivity index (χ4v) is 2.59. The molecule has 1 N–H and O–H groups in total. The van der Waals surface area contributed by atoms with Gasteiger partial charge in [0.1, 0.15) is 0 Å². The summed E-state index contributed by atoms with van der Waals surface area (Å²) in [7, 11) is 1.37. The van der Waals surface area contributed by atoms with Gasteiger partial charge in [-0.15, -0.1) is 0 Å². The van der Waals surface area contributed by atoms with Crippen molar-refractivity contribution in [3.63, 3.8) is 0 Å². The molecule has 1 aliphatic rings. The van der Waals surface area contributed by atoms with Gasteiger partial charge in [0.2, 0.25) is 0 Å². The molecule has 7 nitrogen and oxygen atoms in total. The third-order valence-corrected chi connectivity index (χ3v) is 3.80. The maximum absolute atomic E-state index is 12.0. The van der Waals surface area contributed by atoms with Gasteiger partial charge >= 0.3 is 6.09 Å². The van der Waals surface area contributed by atoms with Crippen LogP contribution in [0, 0.1) is 0 Å². The van der Waals surface area contributed by atoms with E-state index in [1.54, 1.807) is 17.0 Å². The van der Waals surface area contributed by atoms with E-state index in [4.69, 9.17) is 14.2 Å². The Labute approximate surface area is 141 Å². The number of piperidine rings is 1. The molecule has 0 saturated carbocycles. The Morgan fingerprint density at radius 3 is 2.38 bits per heavy atom. The first kappa shape index (κ1) is 17.9. The van der Waals surface area contributed by atoms with Gasteiger partial charge in [-0.3, -0.25) is 4.79 Å². The molecule has 0 spiro atoms. The highest BCUT2D eigenvalue weighted by Crippen LogP contribution is 2.26. The maximum Gasteiger partial charge on any atom is 0.409 e. The zero-order valence-corrected chi connectivity index (χ0v) is 14.1. The van der Waals surface area contributed by atoms with Crippen molar-refractivity contribution in [3.8, 4) is 11.5 Å². The average molecular weight is 336 g/mol. The normalized spacial score (nSPS) is 14.8. The molecule has 1 heterocycles. The molecule has 7 heteroatoms. The Balaban J connectivity index is 1.75. The van der Waals surface area contributed by atoms with Gasteiger partial charge in [0, 0.05) is 19.1 Å². The summed E-state index contributed by atoms with van der Waals surface area (Å²) >= 11 is 0. The molecule has 1 fully saturated rings. The van der Waals surface area contributed by atoms with E-state index in [1.165, 1.54) is 7.11 Å². The Hall–Kier alpha value is -2.44.